The predicted octanol–water partition coefficient (Wildman–Crippen LogP) is 2.30. The highest BCUT2D eigenvalue weighted by Gasteiger charge is 2.18. The molecule has 1 atom stereocenters. The molecule has 0 aromatic heterocycles. The highest BCUT2D eigenvalue weighted by molar-refractivity contribution is 5.74. The second kappa shape index (κ2) is 7.14. The van der Waals surface area contributed by atoms with Crippen LogP contribution in [-0.4, -0.2) is 34.7 Å². The van der Waals surface area contributed by atoms with E-state index in [0.717, 1.165) is 5.56 Å². The Kier molecular flexibility index (Phi) is 5.83. The number of carbonyl (C=O) groups excluding carboxylic acids is 1. The van der Waals surface area contributed by atoms with Crippen LogP contribution >= 0.6 is 0 Å². The lowest BCUT2D eigenvalue weighted by Crippen LogP contribution is -2.46. The van der Waals surface area contributed by atoms with E-state index in [1.807, 2.05) is 45.0 Å². The minimum atomic E-state index is -0.521. The van der Waals surface area contributed by atoms with Crippen LogP contribution in [0.25, 0.3) is 0 Å². The third kappa shape index (κ3) is 5.30. The van der Waals surface area contributed by atoms with Crippen LogP contribution < -0.4 is 5.32 Å². The van der Waals surface area contributed by atoms with E-state index in [1.165, 1.54) is 5.56 Å². The van der Waals surface area contributed by atoms with E-state index in [2.05, 4.69) is 5.32 Å². The third-order valence-corrected chi connectivity index (χ3v) is 2.91. The monoisotopic (exact) mass is 264 g/mol. The molecule has 1 rings (SSSR count). The van der Waals surface area contributed by atoms with Crippen LogP contribution in [0.15, 0.2) is 24.3 Å². The predicted molar refractivity (Wildman–Crippen MR) is 76.9 cm³/mol. The zero-order chi connectivity index (χ0) is 14.4. The highest BCUT2D eigenvalue weighted by Crippen LogP contribution is 2.05. The first-order valence-electron chi connectivity index (χ1n) is 6.68. The zero-order valence-corrected chi connectivity index (χ0v) is 12.2. The minimum Gasteiger partial charge on any atom is -0.392 e. The quantitative estimate of drug-likeness (QED) is 0.857. The topological polar surface area (TPSA) is 52.6 Å². The number of nitrogens with one attached hydrogen (secondary N) is 1. The van der Waals surface area contributed by atoms with E-state index in [1.54, 1.807) is 11.8 Å². The number of benzene rings is 1. The first kappa shape index (κ1) is 15.5. The Hall–Kier alpha value is -1.55. The van der Waals surface area contributed by atoms with Crippen molar-refractivity contribution in [1.29, 1.82) is 0 Å². The van der Waals surface area contributed by atoms with Gasteiger partial charge in [-0.1, -0.05) is 29.8 Å². The molecule has 2 N–H and O–H groups in total. The Bertz CT molecular complexity index is 399. The molecular weight excluding hydrogens is 240 g/mol. The van der Waals surface area contributed by atoms with Gasteiger partial charge in [-0.05, 0) is 33.3 Å². The van der Waals surface area contributed by atoms with E-state index >= 15 is 0 Å². The van der Waals surface area contributed by atoms with Gasteiger partial charge in [-0.2, -0.15) is 0 Å². The van der Waals surface area contributed by atoms with Crippen LogP contribution in [0.4, 0.5) is 4.79 Å². The molecule has 0 fully saturated rings. The number of hydrogen-bond acceptors (Lipinski definition) is 2. The third-order valence-electron chi connectivity index (χ3n) is 2.91. The molecular formula is C15H24N2O2. The fourth-order valence-corrected chi connectivity index (χ4v) is 1.80. The van der Waals surface area contributed by atoms with Crippen molar-refractivity contribution in [2.45, 2.75) is 46.4 Å². The zero-order valence-electron chi connectivity index (χ0n) is 12.2. The number of rotatable bonds is 5. The van der Waals surface area contributed by atoms with Gasteiger partial charge in [0.1, 0.15) is 0 Å². The average Bonchev–Trinajstić information content (AvgIpc) is 2.34. The lowest BCUT2D eigenvalue weighted by Gasteiger charge is -2.28. The molecule has 4 heteroatoms. The standard InChI is InChI=1S/C15H24N2O2/c1-11(2)17(10-13(4)18)15(19)16-9-14-7-5-12(3)6-8-14/h5-8,11,13,18H,9-10H2,1-4H3,(H,16,19). The molecule has 0 saturated heterocycles. The highest BCUT2D eigenvalue weighted by atomic mass is 16.3. The normalized spacial score (nSPS) is 12.3. The Labute approximate surface area is 115 Å². The molecule has 106 valence electrons. The van der Waals surface area contributed by atoms with Gasteiger partial charge in [-0.25, -0.2) is 4.79 Å². The lowest BCUT2D eigenvalue weighted by atomic mass is 10.1. The van der Waals surface area contributed by atoms with Crippen molar-refractivity contribution in [3.05, 3.63) is 35.4 Å². The van der Waals surface area contributed by atoms with Gasteiger partial charge in [-0.3, -0.25) is 0 Å². The summed E-state index contributed by atoms with van der Waals surface area (Å²) in [6.07, 6.45) is -0.521. The number of hydrogen-bond donors (Lipinski definition) is 2. The molecule has 1 aromatic rings. The number of aliphatic hydroxyl groups is 1. The van der Waals surface area contributed by atoms with Crippen LogP contribution in [0, 0.1) is 6.92 Å². The van der Waals surface area contributed by atoms with Crippen molar-refractivity contribution in [3.63, 3.8) is 0 Å². The summed E-state index contributed by atoms with van der Waals surface area (Å²) in [7, 11) is 0. The summed E-state index contributed by atoms with van der Waals surface area (Å²) in [4.78, 5) is 13.7. The Morgan fingerprint density at radius 3 is 2.32 bits per heavy atom. The summed E-state index contributed by atoms with van der Waals surface area (Å²) in [6, 6.07) is 7.98. The number of amides is 2. The molecule has 2 amide bonds. The van der Waals surface area contributed by atoms with Crippen molar-refractivity contribution in [2.24, 2.45) is 0 Å². The van der Waals surface area contributed by atoms with Gasteiger partial charge in [0, 0.05) is 19.1 Å². The maximum Gasteiger partial charge on any atom is 0.317 e. The van der Waals surface area contributed by atoms with E-state index in [0.29, 0.717) is 13.1 Å². The SMILES string of the molecule is Cc1ccc(CNC(=O)N(CC(C)O)C(C)C)cc1. The lowest BCUT2D eigenvalue weighted by molar-refractivity contribution is 0.119. The molecule has 0 heterocycles. The summed E-state index contributed by atoms with van der Waals surface area (Å²) in [5.74, 6) is 0. The van der Waals surface area contributed by atoms with Gasteiger partial charge in [0.05, 0.1) is 6.10 Å². The van der Waals surface area contributed by atoms with E-state index in [4.69, 9.17) is 0 Å². The largest absolute Gasteiger partial charge is 0.392 e. The van der Waals surface area contributed by atoms with Crippen LogP contribution in [0.1, 0.15) is 31.9 Å². The molecule has 0 aliphatic rings. The van der Waals surface area contributed by atoms with Gasteiger partial charge < -0.3 is 15.3 Å². The summed E-state index contributed by atoms with van der Waals surface area (Å²) in [5.41, 5.74) is 2.27. The Morgan fingerprint density at radius 2 is 1.84 bits per heavy atom. The van der Waals surface area contributed by atoms with Gasteiger partial charge in [-0.15, -0.1) is 0 Å². The second-order valence-electron chi connectivity index (χ2n) is 5.24. The number of aliphatic hydroxyl groups excluding tert-OH is 1. The van der Waals surface area contributed by atoms with Crippen molar-refractivity contribution in [1.82, 2.24) is 10.2 Å². The smallest absolute Gasteiger partial charge is 0.317 e. The summed E-state index contributed by atoms with van der Waals surface area (Å²) >= 11 is 0. The average molecular weight is 264 g/mol. The molecule has 19 heavy (non-hydrogen) atoms. The number of urea groups is 1. The second-order valence-corrected chi connectivity index (χ2v) is 5.24. The fourth-order valence-electron chi connectivity index (χ4n) is 1.80. The van der Waals surface area contributed by atoms with Gasteiger partial charge in [0.15, 0.2) is 0 Å². The van der Waals surface area contributed by atoms with Gasteiger partial charge in [0.25, 0.3) is 0 Å². The van der Waals surface area contributed by atoms with E-state index < -0.39 is 6.10 Å². The van der Waals surface area contributed by atoms with Crippen LogP contribution in [-0.2, 0) is 6.54 Å². The number of carbonyl (C=O) groups is 1. The molecule has 0 aliphatic heterocycles. The maximum atomic E-state index is 12.1. The fraction of sp³-hybridized carbons (Fsp3) is 0.533. The molecule has 0 radical (unpaired) electrons. The molecule has 4 nitrogen and oxygen atoms in total. The molecule has 0 spiro atoms. The van der Waals surface area contributed by atoms with Gasteiger partial charge in [0.2, 0.25) is 0 Å². The number of aryl methyl sites for hydroxylation is 1. The van der Waals surface area contributed by atoms with Crippen molar-refractivity contribution in [3.8, 4) is 0 Å². The molecule has 0 saturated carbocycles. The Balaban J connectivity index is 2.54. The summed E-state index contributed by atoms with van der Waals surface area (Å²) in [5, 5.41) is 12.3. The molecule has 0 aliphatic carbocycles. The van der Waals surface area contributed by atoms with Crippen LogP contribution in [0.3, 0.4) is 0 Å². The van der Waals surface area contributed by atoms with E-state index in [9.17, 15) is 9.90 Å². The minimum absolute atomic E-state index is 0.0626. The molecule has 1 aromatic carbocycles. The Morgan fingerprint density at radius 1 is 1.26 bits per heavy atom. The van der Waals surface area contributed by atoms with E-state index in [-0.39, 0.29) is 12.1 Å². The first-order chi connectivity index (χ1) is 8.90. The molecule has 0 bridgehead atoms. The van der Waals surface area contributed by atoms with Crippen molar-refractivity contribution < 1.29 is 9.90 Å². The summed E-state index contributed by atoms with van der Waals surface area (Å²) in [6.45, 7) is 8.44. The summed E-state index contributed by atoms with van der Waals surface area (Å²) < 4.78 is 0. The van der Waals surface area contributed by atoms with Crippen LogP contribution in [0.2, 0.25) is 0 Å². The van der Waals surface area contributed by atoms with Gasteiger partial charge >= 0.3 is 6.03 Å². The maximum absolute atomic E-state index is 12.1. The molecule has 1 unspecified atom stereocenters. The van der Waals surface area contributed by atoms with Crippen LogP contribution in [0.5, 0.6) is 0 Å². The van der Waals surface area contributed by atoms with Crippen molar-refractivity contribution >= 4 is 6.03 Å². The number of nitrogens with zero attached hydrogens (tertiary/aromatic N) is 1. The van der Waals surface area contributed by atoms with Crippen molar-refractivity contribution in [2.75, 3.05) is 6.54 Å². The first-order valence-corrected chi connectivity index (χ1v) is 6.68.